The van der Waals surface area contributed by atoms with Crippen LogP contribution in [0.15, 0.2) is 103 Å². The van der Waals surface area contributed by atoms with Crippen LogP contribution in [0.5, 0.6) is 11.5 Å². The fraction of sp³-hybridized carbons (Fsp3) is 0.176. The lowest BCUT2D eigenvalue weighted by atomic mass is 9.92. The van der Waals surface area contributed by atoms with Gasteiger partial charge >= 0.3 is 12.1 Å². The molecule has 7 heteroatoms. The summed E-state index contributed by atoms with van der Waals surface area (Å²) in [6.45, 7) is 1.99. The van der Waals surface area contributed by atoms with Gasteiger partial charge in [0.25, 0.3) is 0 Å². The topological polar surface area (TPSA) is 48.4 Å². The number of esters is 1. The van der Waals surface area contributed by atoms with Gasteiger partial charge in [0.1, 0.15) is 18.1 Å². The van der Waals surface area contributed by atoms with E-state index in [2.05, 4.69) is 4.98 Å². The van der Waals surface area contributed by atoms with Crippen LogP contribution in [0.2, 0.25) is 0 Å². The van der Waals surface area contributed by atoms with Gasteiger partial charge in [-0.3, -0.25) is 9.78 Å². The summed E-state index contributed by atoms with van der Waals surface area (Å²) in [5.41, 5.74) is 3.65. The van der Waals surface area contributed by atoms with Gasteiger partial charge in [0.05, 0.1) is 11.1 Å². The summed E-state index contributed by atoms with van der Waals surface area (Å²) in [6, 6.07) is 28.7. The number of carbonyl (C=O) groups is 1. The number of para-hydroxylation sites is 1. The fourth-order valence-electron chi connectivity index (χ4n) is 4.74. The maximum absolute atomic E-state index is 13.8. The third kappa shape index (κ3) is 6.92. The smallest absolute Gasteiger partial charge is 0.418 e. The van der Waals surface area contributed by atoms with Crippen LogP contribution in [0.1, 0.15) is 46.7 Å². The van der Waals surface area contributed by atoms with Gasteiger partial charge in [-0.25, -0.2) is 0 Å². The minimum atomic E-state index is -4.51. The molecule has 0 bridgehead atoms. The van der Waals surface area contributed by atoms with Crippen LogP contribution in [-0.4, -0.2) is 11.0 Å². The minimum absolute atomic E-state index is 0.0529. The summed E-state index contributed by atoms with van der Waals surface area (Å²) in [5.74, 6) is 0.770. The van der Waals surface area contributed by atoms with Crippen molar-refractivity contribution in [1.82, 2.24) is 4.98 Å². The molecule has 41 heavy (non-hydrogen) atoms. The minimum Gasteiger partial charge on any atom is -0.489 e. The molecule has 0 fully saturated rings. The van der Waals surface area contributed by atoms with Gasteiger partial charge < -0.3 is 9.47 Å². The van der Waals surface area contributed by atoms with Crippen LogP contribution in [0.4, 0.5) is 13.2 Å². The number of alkyl halides is 3. The first kappa shape index (κ1) is 27.9. The fourth-order valence-corrected chi connectivity index (χ4v) is 4.74. The number of aromatic nitrogens is 1. The first-order chi connectivity index (χ1) is 19.8. The molecule has 0 saturated carbocycles. The van der Waals surface area contributed by atoms with Crippen LogP contribution in [-0.2, 0) is 30.4 Å². The second kappa shape index (κ2) is 12.3. The predicted octanol–water partition coefficient (Wildman–Crippen LogP) is 8.33. The largest absolute Gasteiger partial charge is 0.489 e. The maximum atomic E-state index is 13.8. The molecule has 0 atom stereocenters. The highest BCUT2D eigenvalue weighted by atomic mass is 19.4. The van der Waals surface area contributed by atoms with E-state index in [1.54, 1.807) is 37.4 Å². The Kier molecular flexibility index (Phi) is 8.34. The number of nitrogens with zero attached hydrogens (tertiary/aromatic N) is 1. The summed E-state index contributed by atoms with van der Waals surface area (Å²) in [4.78, 5) is 15.9. The molecular formula is C34H28F3NO3. The lowest BCUT2D eigenvalue weighted by Gasteiger charge is -2.17. The van der Waals surface area contributed by atoms with Crippen molar-refractivity contribution in [3.8, 4) is 11.5 Å². The van der Waals surface area contributed by atoms with E-state index in [0.29, 0.717) is 29.7 Å². The zero-order valence-corrected chi connectivity index (χ0v) is 22.4. The Hall–Kier alpha value is -4.65. The second-order valence-electron chi connectivity index (χ2n) is 9.71. The number of hydrogen-bond acceptors (Lipinski definition) is 4. The molecule has 5 aromatic rings. The van der Waals surface area contributed by atoms with Crippen molar-refractivity contribution < 1.29 is 27.4 Å². The van der Waals surface area contributed by atoms with Gasteiger partial charge in [0.15, 0.2) is 0 Å². The Morgan fingerprint density at radius 1 is 0.780 bits per heavy atom. The van der Waals surface area contributed by atoms with Crippen LogP contribution in [0.3, 0.4) is 0 Å². The van der Waals surface area contributed by atoms with Crippen LogP contribution >= 0.6 is 0 Å². The Morgan fingerprint density at radius 3 is 2.22 bits per heavy atom. The number of rotatable bonds is 9. The lowest BCUT2D eigenvalue weighted by molar-refractivity contribution is -0.136. The van der Waals surface area contributed by atoms with E-state index in [-0.39, 0.29) is 24.5 Å². The highest BCUT2D eigenvalue weighted by Gasteiger charge is 2.33. The van der Waals surface area contributed by atoms with Crippen LogP contribution in [0, 0.1) is 0 Å². The standard InChI is InChI=1S/C34H28F3NO3/c1-2-32(39)41-28-14-7-12-25(19-28)22-40-27-13-6-11-24(18-27)20-30-26(17-23-9-4-3-5-10-23)21-38-33-29(30)15-8-16-31(33)34(35,36)37/h3-16,18-19,21H,2,17,20,22H2,1H3. The van der Waals surface area contributed by atoms with Crippen LogP contribution in [0.25, 0.3) is 10.9 Å². The van der Waals surface area contributed by atoms with Crippen molar-refractivity contribution in [3.63, 3.8) is 0 Å². The van der Waals surface area contributed by atoms with Crippen molar-refractivity contribution in [3.05, 3.63) is 137 Å². The molecule has 0 saturated heterocycles. The van der Waals surface area contributed by atoms with Gasteiger partial charge in [-0.05, 0) is 71.0 Å². The van der Waals surface area contributed by atoms with Crippen molar-refractivity contribution in [2.75, 3.05) is 0 Å². The summed E-state index contributed by atoms with van der Waals surface area (Å²) in [5, 5.41) is 0.484. The van der Waals surface area contributed by atoms with Gasteiger partial charge in [0, 0.05) is 18.0 Å². The van der Waals surface area contributed by atoms with E-state index in [1.165, 1.54) is 6.07 Å². The quantitative estimate of drug-likeness (QED) is 0.136. The molecule has 4 aromatic carbocycles. The van der Waals surface area contributed by atoms with Crippen molar-refractivity contribution in [1.29, 1.82) is 0 Å². The molecule has 0 aliphatic carbocycles. The molecule has 1 aromatic heterocycles. The summed E-state index contributed by atoms with van der Waals surface area (Å²) >= 11 is 0. The van der Waals surface area contributed by atoms with Crippen molar-refractivity contribution in [2.24, 2.45) is 0 Å². The molecule has 208 valence electrons. The average Bonchev–Trinajstić information content (AvgIpc) is 2.97. The van der Waals surface area contributed by atoms with Gasteiger partial charge in [-0.2, -0.15) is 13.2 Å². The van der Waals surface area contributed by atoms with E-state index >= 15 is 0 Å². The first-order valence-corrected chi connectivity index (χ1v) is 13.3. The molecule has 0 unspecified atom stereocenters. The zero-order chi connectivity index (χ0) is 28.8. The molecule has 0 amide bonds. The number of fused-ring (bicyclic) bond motifs is 1. The lowest BCUT2D eigenvalue weighted by Crippen LogP contribution is -2.08. The highest BCUT2D eigenvalue weighted by molar-refractivity contribution is 5.86. The monoisotopic (exact) mass is 555 g/mol. The number of hydrogen-bond donors (Lipinski definition) is 0. The van der Waals surface area contributed by atoms with E-state index in [9.17, 15) is 18.0 Å². The summed E-state index contributed by atoms with van der Waals surface area (Å²) in [6.07, 6.45) is -1.71. The Morgan fingerprint density at radius 2 is 1.46 bits per heavy atom. The number of pyridine rings is 1. The molecule has 0 N–H and O–H groups in total. The predicted molar refractivity (Wildman–Crippen MR) is 152 cm³/mol. The molecular weight excluding hydrogens is 527 g/mol. The Labute approximate surface area is 236 Å². The second-order valence-corrected chi connectivity index (χ2v) is 9.71. The van der Waals surface area contributed by atoms with Gasteiger partial charge in [0.2, 0.25) is 0 Å². The molecule has 4 nitrogen and oxygen atoms in total. The van der Waals surface area contributed by atoms with Crippen molar-refractivity contribution in [2.45, 2.75) is 39.0 Å². The van der Waals surface area contributed by atoms with E-state index in [4.69, 9.17) is 9.47 Å². The molecule has 0 aliphatic heterocycles. The normalized spacial score (nSPS) is 11.4. The van der Waals surface area contributed by atoms with Crippen LogP contribution < -0.4 is 9.47 Å². The Bertz CT molecular complexity index is 1670. The van der Waals surface area contributed by atoms with Crippen molar-refractivity contribution >= 4 is 16.9 Å². The third-order valence-corrected chi connectivity index (χ3v) is 6.74. The maximum Gasteiger partial charge on any atom is 0.418 e. The average molecular weight is 556 g/mol. The highest BCUT2D eigenvalue weighted by Crippen LogP contribution is 2.36. The third-order valence-electron chi connectivity index (χ3n) is 6.74. The molecule has 0 spiro atoms. The molecule has 0 radical (unpaired) electrons. The molecule has 1 heterocycles. The van der Waals surface area contributed by atoms with E-state index in [0.717, 1.165) is 33.9 Å². The Balaban J connectivity index is 1.44. The number of carbonyl (C=O) groups excluding carboxylic acids is 1. The van der Waals surface area contributed by atoms with E-state index in [1.807, 2.05) is 60.7 Å². The van der Waals surface area contributed by atoms with E-state index < -0.39 is 11.7 Å². The van der Waals surface area contributed by atoms with Gasteiger partial charge in [-0.1, -0.05) is 73.7 Å². The summed E-state index contributed by atoms with van der Waals surface area (Å²) in [7, 11) is 0. The molecule has 0 aliphatic rings. The van der Waals surface area contributed by atoms with Gasteiger partial charge in [-0.15, -0.1) is 0 Å². The summed E-state index contributed by atoms with van der Waals surface area (Å²) < 4.78 is 52.8. The number of ether oxygens (including phenoxy) is 2. The number of halogens is 3. The first-order valence-electron chi connectivity index (χ1n) is 13.3. The molecule has 5 rings (SSSR count). The SMILES string of the molecule is CCC(=O)Oc1cccc(COc2cccc(Cc3c(Cc4ccccc4)cnc4c(C(F)(F)F)cccc34)c2)c1. The zero-order valence-electron chi connectivity index (χ0n) is 22.4. The number of benzene rings is 4.